The lowest BCUT2D eigenvalue weighted by Crippen LogP contribution is -2.05. The summed E-state index contributed by atoms with van der Waals surface area (Å²) in [6, 6.07) is 13.9. The van der Waals surface area contributed by atoms with Crippen LogP contribution in [0, 0.1) is 23.0 Å². The Morgan fingerprint density at radius 1 is 0.947 bits per heavy atom. The van der Waals surface area contributed by atoms with Gasteiger partial charge in [-0.25, -0.2) is 8.78 Å². The van der Waals surface area contributed by atoms with Crippen LogP contribution in [0.3, 0.4) is 0 Å². The van der Waals surface area contributed by atoms with Gasteiger partial charge in [-0.05, 0) is 17.7 Å². The van der Waals surface area contributed by atoms with E-state index < -0.39 is 11.6 Å². The van der Waals surface area contributed by atoms with Gasteiger partial charge in [0.2, 0.25) is 0 Å². The molecule has 2 nitrogen and oxygen atoms in total. The maximum atomic E-state index is 13.6. The van der Waals surface area contributed by atoms with E-state index in [0.29, 0.717) is 5.56 Å². The second kappa shape index (κ2) is 5.32. The molecular formula is C15H10F2N2. The zero-order chi connectivity index (χ0) is 13.8. The molecule has 0 aliphatic heterocycles. The average Bonchev–Trinajstić information content (AvgIpc) is 2.40. The standard InChI is InChI=1S/C15H10F2N2/c16-12-7-4-8-13(17)14(12)15(19)11(9-18)10-5-2-1-3-6-10/h1-8H,19H2/b15-11-. The van der Waals surface area contributed by atoms with Crippen molar-refractivity contribution in [2.75, 3.05) is 0 Å². The van der Waals surface area contributed by atoms with Crippen LogP contribution in [0.2, 0.25) is 0 Å². The molecule has 19 heavy (non-hydrogen) atoms. The first-order valence-corrected chi connectivity index (χ1v) is 5.54. The Hall–Kier alpha value is -2.67. The Bertz CT molecular complexity index is 650. The molecule has 2 rings (SSSR count). The molecule has 4 heteroatoms. The van der Waals surface area contributed by atoms with Crippen molar-refractivity contribution >= 4 is 11.3 Å². The molecule has 2 aromatic carbocycles. The number of nitrogens with zero attached hydrogens (tertiary/aromatic N) is 1. The van der Waals surface area contributed by atoms with Gasteiger partial charge in [-0.2, -0.15) is 5.26 Å². The minimum atomic E-state index is -0.791. The number of rotatable bonds is 2. The van der Waals surface area contributed by atoms with Crippen LogP contribution < -0.4 is 5.73 Å². The predicted molar refractivity (Wildman–Crippen MR) is 69.4 cm³/mol. The van der Waals surface area contributed by atoms with Crippen LogP contribution in [0.1, 0.15) is 11.1 Å². The number of nitrogens with two attached hydrogens (primary N) is 1. The first-order valence-electron chi connectivity index (χ1n) is 5.54. The van der Waals surface area contributed by atoms with Crippen LogP contribution in [0.15, 0.2) is 48.5 Å². The molecule has 0 amide bonds. The van der Waals surface area contributed by atoms with Crippen molar-refractivity contribution in [3.63, 3.8) is 0 Å². The van der Waals surface area contributed by atoms with Crippen LogP contribution >= 0.6 is 0 Å². The fourth-order valence-electron chi connectivity index (χ4n) is 1.77. The summed E-state index contributed by atoms with van der Waals surface area (Å²) in [7, 11) is 0. The third kappa shape index (κ3) is 2.45. The molecular weight excluding hydrogens is 246 g/mol. The van der Waals surface area contributed by atoms with Gasteiger partial charge in [-0.1, -0.05) is 36.4 Å². The topological polar surface area (TPSA) is 49.8 Å². The summed E-state index contributed by atoms with van der Waals surface area (Å²) < 4.78 is 27.3. The molecule has 0 aliphatic carbocycles. The molecule has 94 valence electrons. The highest BCUT2D eigenvalue weighted by atomic mass is 19.1. The van der Waals surface area contributed by atoms with Gasteiger partial charge in [-0.3, -0.25) is 0 Å². The monoisotopic (exact) mass is 256 g/mol. The summed E-state index contributed by atoms with van der Waals surface area (Å²) in [4.78, 5) is 0. The zero-order valence-corrected chi connectivity index (χ0v) is 9.90. The Kier molecular flexibility index (Phi) is 3.58. The van der Waals surface area contributed by atoms with Crippen LogP contribution in [0.4, 0.5) is 8.78 Å². The maximum absolute atomic E-state index is 13.6. The first kappa shape index (κ1) is 12.8. The Labute approximate surface area is 109 Å². The van der Waals surface area contributed by atoms with Gasteiger partial charge < -0.3 is 5.73 Å². The van der Waals surface area contributed by atoms with E-state index in [-0.39, 0.29) is 16.8 Å². The third-order valence-electron chi connectivity index (χ3n) is 2.68. The number of nitriles is 1. The van der Waals surface area contributed by atoms with Crippen LogP contribution in [-0.2, 0) is 0 Å². The molecule has 0 saturated heterocycles. The number of hydrogen-bond donors (Lipinski definition) is 1. The number of halogens is 2. The minimum absolute atomic E-state index is 0.0459. The predicted octanol–water partition coefficient (Wildman–Crippen LogP) is 3.32. The second-order valence-corrected chi connectivity index (χ2v) is 3.86. The first-order chi connectivity index (χ1) is 9.15. The van der Waals surface area contributed by atoms with Gasteiger partial charge in [0, 0.05) is 0 Å². The fourth-order valence-corrected chi connectivity index (χ4v) is 1.77. The second-order valence-electron chi connectivity index (χ2n) is 3.86. The molecule has 0 heterocycles. The smallest absolute Gasteiger partial charge is 0.135 e. The summed E-state index contributed by atoms with van der Waals surface area (Å²) in [6.45, 7) is 0. The molecule has 0 aliphatic rings. The normalized spacial score (nSPS) is 11.6. The molecule has 2 N–H and O–H groups in total. The lowest BCUT2D eigenvalue weighted by molar-refractivity contribution is 0.576. The van der Waals surface area contributed by atoms with E-state index in [4.69, 9.17) is 11.0 Å². The van der Waals surface area contributed by atoms with Crippen LogP contribution in [0.5, 0.6) is 0 Å². The van der Waals surface area contributed by atoms with Crippen molar-refractivity contribution in [3.05, 3.63) is 71.3 Å². The van der Waals surface area contributed by atoms with Crippen molar-refractivity contribution in [2.45, 2.75) is 0 Å². The maximum Gasteiger partial charge on any atom is 0.135 e. The van der Waals surface area contributed by atoms with E-state index >= 15 is 0 Å². The Morgan fingerprint density at radius 2 is 1.53 bits per heavy atom. The van der Waals surface area contributed by atoms with Gasteiger partial charge >= 0.3 is 0 Å². The molecule has 0 aromatic heterocycles. The van der Waals surface area contributed by atoms with E-state index in [2.05, 4.69) is 0 Å². The van der Waals surface area contributed by atoms with E-state index in [9.17, 15) is 8.78 Å². The summed E-state index contributed by atoms with van der Waals surface area (Å²) in [5.74, 6) is -1.58. The summed E-state index contributed by atoms with van der Waals surface area (Å²) >= 11 is 0. The van der Waals surface area contributed by atoms with Crippen LogP contribution in [0.25, 0.3) is 11.3 Å². The molecule has 2 aromatic rings. The van der Waals surface area contributed by atoms with Gasteiger partial charge in [-0.15, -0.1) is 0 Å². The molecule has 0 fully saturated rings. The van der Waals surface area contributed by atoms with Crippen molar-refractivity contribution in [1.82, 2.24) is 0 Å². The molecule has 0 unspecified atom stereocenters. The van der Waals surface area contributed by atoms with Gasteiger partial charge in [0.15, 0.2) is 0 Å². The largest absolute Gasteiger partial charge is 0.397 e. The summed E-state index contributed by atoms with van der Waals surface area (Å²) in [5.41, 5.74) is 5.75. The number of benzene rings is 2. The van der Waals surface area contributed by atoms with E-state index in [1.54, 1.807) is 30.3 Å². The van der Waals surface area contributed by atoms with Crippen molar-refractivity contribution in [3.8, 4) is 6.07 Å². The van der Waals surface area contributed by atoms with Crippen molar-refractivity contribution in [1.29, 1.82) is 5.26 Å². The summed E-state index contributed by atoms with van der Waals surface area (Å²) in [6.07, 6.45) is 0. The molecule has 0 radical (unpaired) electrons. The van der Waals surface area contributed by atoms with E-state index in [0.717, 1.165) is 12.1 Å². The van der Waals surface area contributed by atoms with Crippen LogP contribution in [-0.4, -0.2) is 0 Å². The van der Waals surface area contributed by atoms with Gasteiger partial charge in [0.25, 0.3) is 0 Å². The van der Waals surface area contributed by atoms with E-state index in [1.807, 2.05) is 6.07 Å². The van der Waals surface area contributed by atoms with Gasteiger partial charge in [0.1, 0.15) is 17.7 Å². The molecule has 0 bridgehead atoms. The quantitative estimate of drug-likeness (QED) is 0.662. The highest BCUT2D eigenvalue weighted by Gasteiger charge is 2.16. The van der Waals surface area contributed by atoms with Gasteiger partial charge in [0.05, 0.1) is 16.8 Å². The molecule has 0 saturated carbocycles. The van der Waals surface area contributed by atoms with Crippen molar-refractivity contribution < 1.29 is 8.78 Å². The lowest BCUT2D eigenvalue weighted by Gasteiger charge is -2.08. The highest BCUT2D eigenvalue weighted by molar-refractivity contribution is 5.96. The van der Waals surface area contributed by atoms with Crippen molar-refractivity contribution in [2.24, 2.45) is 5.73 Å². The average molecular weight is 256 g/mol. The summed E-state index contributed by atoms with van der Waals surface area (Å²) in [5, 5.41) is 9.16. The zero-order valence-electron chi connectivity index (χ0n) is 9.90. The SMILES string of the molecule is N#C/C(=C(/N)c1c(F)cccc1F)c1ccccc1. The molecule has 0 spiro atoms. The Morgan fingerprint density at radius 3 is 2.05 bits per heavy atom. The van der Waals surface area contributed by atoms with E-state index in [1.165, 1.54) is 6.07 Å². The molecule has 0 atom stereocenters. The Balaban J connectivity index is 2.67. The minimum Gasteiger partial charge on any atom is -0.397 e. The lowest BCUT2D eigenvalue weighted by atomic mass is 10.0. The fraction of sp³-hybridized carbons (Fsp3) is 0. The highest BCUT2D eigenvalue weighted by Crippen LogP contribution is 2.25. The third-order valence-corrected chi connectivity index (χ3v) is 2.68. The number of hydrogen-bond acceptors (Lipinski definition) is 2. The number of allylic oxidation sites excluding steroid dienone is 1.